The average molecular weight is 407 g/mol. The van der Waals surface area contributed by atoms with Crippen molar-refractivity contribution < 1.29 is 9.53 Å². The van der Waals surface area contributed by atoms with Crippen LogP contribution in [-0.4, -0.2) is 27.8 Å². The second-order valence-corrected chi connectivity index (χ2v) is 10.1. The summed E-state index contributed by atoms with van der Waals surface area (Å²) >= 11 is 2.89. The van der Waals surface area contributed by atoms with Gasteiger partial charge < -0.3 is 9.72 Å². The monoisotopic (exact) mass is 406 g/mol. The lowest BCUT2D eigenvalue weighted by Gasteiger charge is -2.25. The Morgan fingerprint density at radius 2 is 2.00 bits per heavy atom. The molecule has 2 aliphatic carbocycles. The zero-order valence-corrected chi connectivity index (χ0v) is 17.5. The number of ether oxygens (including phenoxy) is 1. The van der Waals surface area contributed by atoms with E-state index in [1.165, 1.54) is 22.2 Å². The summed E-state index contributed by atoms with van der Waals surface area (Å²) in [6.45, 7) is 4.50. The van der Waals surface area contributed by atoms with Crippen molar-refractivity contribution in [3.63, 3.8) is 0 Å². The van der Waals surface area contributed by atoms with Crippen LogP contribution in [0.2, 0.25) is 0 Å². The molecule has 1 saturated carbocycles. The van der Waals surface area contributed by atoms with Gasteiger partial charge in [-0.25, -0.2) is 4.98 Å². The zero-order chi connectivity index (χ0) is 19.0. The highest BCUT2D eigenvalue weighted by Crippen LogP contribution is 2.36. The van der Waals surface area contributed by atoms with Crippen molar-refractivity contribution in [1.29, 1.82) is 0 Å². The number of carbonyl (C=O) groups excluding carboxylic acids is 1. The van der Waals surface area contributed by atoms with E-state index in [-0.39, 0.29) is 23.4 Å². The molecule has 0 radical (unpaired) electrons. The third kappa shape index (κ3) is 4.24. The number of thiophene rings is 1. The molecule has 0 saturated heterocycles. The third-order valence-electron chi connectivity index (χ3n) is 5.73. The number of nitrogens with one attached hydrogen (secondary N) is 1. The maximum Gasteiger partial charge on any atom is 0.316 e. The number of aryl methyl sites for hydroxylation is 1. The largest absolute Gasteiger partial charge is 0.462 e. The van der Waals surface area contributed by atoms with Crippen molar-refractivity contribution in [3.05, 3.63) is 20.8 Å². The lowest BCUT2D eigenvalue weighted by molar-refractivity contribution is -0.147. The smallest absolute Gasteiger partial charge is 0.316 e. The summed E-state index contributed by atoms with van der Waals surface area (Å²) in [7, 11) is 0. The van der Waals surface area contributed by atoms with Gasteiger partial charge in [-0.3, -0.25) is 9.59 Å². The number of H-pyrrole nitrogens is 1. The number of hydrogen-bond donors (Lipinski definition) is 1. The number of aromatic amines is 1. The summed E-state index contributed by atoms with van der Waals surface area (Å²) in [5, 5.41) is 1.26. The van der Waals surface area contributed by atoms with Crippen molar-refractivity contribution in [2.24, 2.45) is 11.8 Å². The number of aromatic nitrogens is 2. The standard InChI is InChI=1S/C20H26N2O3S2/c1-11-3-6-13(7-4-11)25-16(23)10-26-20-21-18(24)17-14-8-5-12(2)9-15(14)27-19(17)22-20/h11-13H,3-10H2,1-2H3,(H,21,22,24)/t11?,12-,13?/m0/s1. The zero-order valence-electron chi connectivity index (χ0n) is 15.9. The normalized spacial score (nSPS) is 25.3. The summed E-state index contributed by atoms with van der Waals surface area (Å²) in [6.07, 6.45) is 7.33. The molecule has 0 aliphatic heterocycles. The van der Waals surface area contributed by atoms with E-state index in [2.05, 4.69) is 23.8 Å². The maximum absolute atomic E-state index is 12.6. The highest BCUT2D eigenvalue weighted by Gasteiger charge is 2.24. The molecule has 0 spiro atoms. The van der Waals surface area contributed by atoms with Gasteiger partial charge in [0.05, 0.1) is 11.1 Å². The van der Waals surface area contributed by atoms with Gasteiger partial charge in [-0.2, -0.15) is 0 Å². The lowest BCUT2D eigenvalue weighted by Crippen LogP contribution is -2.24. The van der Waals surface area contributed by atoms with Crippen LogP contribution in [-0.2, 0) is 22.4 Å². The molecule has 0 unspecified atom stereocenters. The lowest BCUT2D eigenvalue weighted by atomic mass is 9.89. The minimum absolute atomic E-state index is 0.0507. The van der Waals surface area contributed by atoms with Crippen LogP contribution >= 0.6 is 23.1 Å². The molecule has 7 heteroatoms. The van der Waals surface area contributed by atoms with Crippen molar-refractivity contribution in [3.8, 4) is 0 Å². The fourth-order valence-electron chi connectivity index (χ4n) is 4.09. The van der Waals surface area contributed by atoms with Crippen LogP contribution in [0.25, 0.3) is 10.2 Å². The molecular weight excluding hydrogens is 380 g/mol. The van der Waals surface area contributed by atoms with Crippen LogP contribution in [0, 0.1) is 11.8 Å². The van der Waals surface area contributed by atoms with Gasteiger partial charge >= 0.3 is 5.97 Å². The van der Waals surface area contributed by atoms with E-state index >= 15 is 0 Å². The Morgan fingerprint density at radius 3 is 2.78 bits per heavy atom. The number of rotatable bonds is 4. The van der Waals surface area contributed by atoms with Crippen LogP contribution < -0.4 is 5.56 Å². The summed E-state index contributed by atoms with van der Waals surface area (Å²) in [6, 6.07) is 0. The van der Waals surface area contributed by atoms with Crippen LogP contribution in [0.4, 0.5) is 0 Å². The number of hydrogen-bond acceptors (Lipinski definition) is 6. The molecule has 2 aromatic heterocycles. The fraction of sp³-hybridized carbons (Fsp3) is 0.650. The number of fused-ring (bicyclic) bond motifs is 3. The molecule has 2 heterocycles. The van der Waals surface area contributed by atoms with E-state index in [0.29, 0.717) is 11.1 Å². The molecule has 27 heavy (non-hydrogen) atoms. The highest BCUT2D eigenvalue weighted by atomic mass is 32.2. The predicted octanol–water partition coefficient (Wildman–Crippen LogP) is 4.32. The molecular formula is C20H26N2O3S2. The van der Waals surface area contributed by atoms with E-state index in [1.807, 2.05) is 0 Å². The summed E-state index contributed by atoms with van der Waals surface area (Å²) < 4.78 is 5.58. The number of thioether (sulfide) groups is 1. The van der Waals surface area contributed by atoms with E-state index < -0.39 is 0 Å². The van der Waals surface area contributed by atoms with Crippen LogP contribution in [0.3, 0.4) is 0 Å². The third-order valence-corrected chi connectivity index (χ3v) is 7.73. The molecule has 2 aliphatic rings. The van der Waals surface area contributed by atoms with E-state index in [0.717, 1.165) is 61.1 Å². The molecule has 0 aromatic carbocycles. The first-order chi connectivity index (χ1) is 13.0. The first-order valence-corrected chi connectivity index (χ1v) is 11.7. The summed E-state index contributed by atoms with van der Waals surface area (Å²) in [5.41, 5.74) is 1.11. The Kier molecular flexibility index (Phi) is 5.60. The topological polar surface area (TPSA) is 72.0 Å². The van der Waals surface area contributed by atoms with Crippen LogP contribution in [0.15, 0.2) is 9.95 Å². The van der Waals surface area contributed by atoms with Crippen molar-refractivity contribution in [2.75, 3.05) is 5.75 Å². The quantitative estimate of drug-likeness (QED) is 0.465. The Morgan fingerprint density at radius 1 is 1.22 bits per heavy atom. The molecule has 2 aromatic rings. The first kappa shape index (κ1) is 19.0. The van der Waals surface area contributed by atoms with Crippen molar-refractivity contribution >= 4 is 39.3 Å². The van der Waals surface area contributed by atoms with Gasteiger partial charge in [-0.15, -0.1) is 11.3 Å². The number of nitrogens with zero attached hydrogens (tertiary/aromatic N) is 1. The molecule has 0 bridgehead atoms. The number of carbonyl (C=O) groups is 1. The van der Waals surface area contributed by atoms with Gasteiger partial charge in [-0.05, 0) is 62.3 Å². The summed E-state index contributed by atoms with van der Waals surface area (Å²) in [5.74, 6) is 1.36. The van der Waals surface area contributed by atoms with Gasteiger partial charge in [0.1, 0.15) is 10.9 Å². The van der Waals surface area contributed by atoms with Gasteiger partial charge in [-0.1, -0.05) is 25.6 Å². The molecule has 4 rings (SSSR count). The molecule has 1 fully saturated rings. The van der Waals surface area contributed by atoms with Crippen molar-refractivity contribution in [1.82, 2.24) is 9.97 Å². The second-order valence-electron chi connectivity index (χ2n) is 8.06. The fourth-order valence-corrected chi connectivity index (χ4v) is 6.18. The maximum atomic E-state index is 12.6. The van der Waals surface area contributed by atoms with Crippen molar-refractivity contribution in [2.45, 2.75) is 70.1 Å². The molecule has 1 N–H and O–H groups in total. The SMILES string of the molecule is CC1CCC(OC(=O)CSc2nc3sc4c(c3c(=O)[nH]2)CC[C@H](C)C4)CC1. The Labute approximate surface area is 167 Å². The molecule has 1 atom stereocenters. The van der Waals surface area contributed by atoms with E-state index in [9.17, 15) is 9.59 Å². The molecule has 146 valence electrons. The van der Waals surface area contributed by atoms with Crippen LogP contribution in [0.1, 0.15) is 56.4 Å². The molecule has 5 nitrogen and oxygen atoms in total. The van der Waals surface area contributed by atoms with Gasteiger partial charge in [0.15, 0.2) is 5.16 Å². The van der Waals surface area contributed by atoms with Crippen LogP contribution in [0.5, 0.6) is 0 Å². The Hall–Kier alpha value is -1.34. The van der Waals surface area contributed by atoms with Gasteiger partial charge in [0.2, 0.25) is 0 Å². The Bertz CT molecular complexity index is 896. The van der Waals surface area contributed by atoms with E-state index in [1.54, 1.807) is 11.3 Å². The second kappa shape index (κ2) is 7.95. The minimum Gasteiger partial charge on any atom is -0.462 e. The van der Waals surface area contributed by atoms with E-state index in [4.69, 9.17) is 4.74 Å². The predicted molar refractivity (Wildman–Crippen MR) is 110 cm³/mol. The number of esters is 1. The first-order valence-electron chi connectivity index (χ1n) is 9.86. The molecule has 0 amide bonds. The Balaban J connectivity index is 1.42. The highest BCUT2D eigenvalue weighted by molar-refractivity contribution is 7.99. The van der Waals surface area contributed by atoms with Gasteiger partial charge in [0, 0.05) is 4.88 Å². The summed E-state index contributed by atoms with van der Waals surface area (Å²) in [4.78, 5) is 34.3. The average Bonchev–Trinajstić information content (AvgIpc) is 2.99. The minimum atomic E-state index is -0.221. The van der Waals surface area contributed by atoms with Gasteiger partial charge in [0.25, 0.3) is 5.56 Å².